The van der Waals surface area contributed by atoms with Crippen molar-refractivity contribution in [3.05, 3.63) is 95.2 Å². The Hall–Kier alpha value is -3.92. The molecule has 1 aliphatic heterocycles. The van der Waals surface area contributed by atoms with Gasteiger partial charge in [-0.15, -0.1) is 0 Å². The Morgan fingerprint density at radius 1 is 0.860 bits per heavy atom. The molecule has 0 saturated heterocycles. The zero-order valence-electron chi connectivity index (χ0n) is 26.9. The molecule has 4 heteroatoms. The van der Waals surface area contributed by atoms with Crippen LogP contribution in [0.2, 0.25) is 0 Å². The zero-order chi connectivity index (χ0) is 30.3. The van der Waals surface area contributed by atoms with Crippen LogP contribution in [0.3, 0.4) is 0 Å². The molecule has 0 bridgehead atoms. The van der Waals surface area contributed by atoms with E-state index in [0.29, 0.717) is 12.5 Å². The molecule has 0 N–H and O–H groups in total. The average Bonchev–Trinajstić information content (AvgIpc) is 3.60. The Labute approximate surface area is 256 Å². The summed E-state index contributed by atoms with van der Waals surface area (Å²) in [4.78, 5) is 9.98. The van der Waals surface area contributed by atoms with E-state index in [1.807, 2.05) is 6.20 Å². The van der Waals surface area contributed by atoms with Crippen LogP contribution in [-0.2, 0) is 10.2 Å². The summed E-state index contributed by atoms with van der Waals surface area (Å²) in [6.07, 6.45) is 6.71. The number of ether oxygens (including phenoxy) is 1. The Bertz CT molecular complexity index is 1810. The molecule has 0 unspecified atom stereocenters. The molecule has 0 fully saturated rings. The third-order valence-corrected chi connectivity index (χ3v) is 9.15. The van der Waals surface area contributed by atoms with E-state index in [0.717, 1.165) is 28.4 Å². The summed E-state index contributed by atoms with van der Waals surface area (Å²) in [5.41, 5.74) is 10.5. The van der Waals surface area contributed by atoms with Gasteiger partial charge in [-0.25, -0.2) is 4.99 Å². The minimum atomic E-state index is 0.0588. The van der Waals surface area contributed by atoms with Crippen molar-refractivity contribution >= 4 is 27.7 Å². The van der Waals surface area contributed by atoms with Crippen molar-refractivity contribution in [1.82, 2.24) is 9.55 Å². The largest absolute Gasteiger partial charge is 0.475 e. The quantitative estimate of drug-likeness (QED) is 0.186. The fourth-order valence-corrected chi connectivity index (χ4v) is 6.81. The molecule has 3 heterocycles. The molecule has 0 radical (unpaired) electrons. The van der Waals surface area contributed by atoms with Crippen LogP contribution in [0.25, 0.3) is 38.8 Å². The van der Waals surface area contributed by atoms with E-state index in [9.17, 15) is 0 Å². The van der Waals surface area contributed by atoms with Crippen LogP contribution < -0.4 is 0 Å². The van der Waals surface area contributed by atoms with E-state index >= 15 is 0 Å². The highest BCUT2D eigenvalue weighted by Crippen LogP contribution is 2.37. The predicted octanol–water partition coefficient (Wildman–Crippen LogP) is 10.1. The van der Waals surface area contributed by atoms with Crippen molar-refractivity contribution in [2.24, 2.45) is 10.9 Å². The number of pyridine rings is 1. The molecule has 6 rings (SSSR count). The van der Waals surface area contributed by atoms with Gasteiger partial charge in [0.15, 0.2) is 0 Å². The van der Waals surface area contributed by atoms with Crippen molar-refractivity contribution in [3.63, 3.8) is 0 Å². The van der Waals surface area contributed by atoms with Crippen molar-refractivity contribution in [2.75, 3.05) is 6.61 Å². The van der Waals surface area contributed by atoms with Crippen LogP contribution in [0.15, 0.2) is 77.9 Å². The van der Waals surface area contributed by atoms with Crippen molar-refractivity contribution in [1.29, 1.82) is 0 Å². The third kappa shape index (κ3) is 5.48. The molecule has 5 aromatic rings. The molecule has 43 heavy (non-hydrogen) atoms. The van der Waals surface area contributed by atoms with E-state index in [-0.39, 0.29) is 11.5 Å². The molecule has 222 valence electrons. The highest BCUT2D eigenvalue weighted by atomic mass is 16.5. The molecule has 0 amide bonds. The van der Waals surface area contributed by atoms with Crippen LogP contribution in [0, 0.1) is 19.8 Å². The van der Waals surface area contributed by atoms with Gasteiger partial charge in [0.1, 0.15) is 6.61 Å². The van der Waals surface area contributed by atoms with Crippen LogP contribution in [0.4, 0.5) is 0 Å². The van der Waals surface area contributed by atoms with Crippen LogP contribution >= 0.6 is 0 Å². The van der Waals surface area contributed by atoms with E-state index < -0.39 is 0 Å². The fourth-order valence-electron chi connectivity index (χ4n) is 6.81. The summed E-state index contributed by atoms with van der Waals surface area (Å²) in [6.45, 7) is 16.4. The van der Waals surface area contributed by atoms with E-state index in [4.69, 9.17) is 14.7 Å². The van der Waals surface area contributed by atoms with Gasteiger partial charge in [-0.05, 0) is 85.0 Å². The lowest BCUT2D eigenvalue weighted by Crippen LogP contribution is -2.19. The normalized spacial score (nSPS) is 15.4. The first-order chi connectivity index (χ1) is 20.7. The lowest BCUT2D eigenvalue weighted by Gasteiger charge is -2.19. The van der Waals surface area contributed by atoms with Crippen molar-refractivity contribution < 1.29 is 4.74 Å². The monoisotopic (exact) mass is 571 g/mol. The molecule has 1 atom stereocenters. The second kappa shape index (κ2) is 11.6. The maximum absolute atomic E-state index is 6.34. The average molecular weight is 572 g/mol. The summed E-state index contributed by atoms with van der Waals surface area (Å²) in [6, 6.07) is 24.7. The Morgan fingerprint density at radius 3 is 2.35 bits per heavy atom. The van der Waals surface area contributed by atoms with Crippen LogP contribution in [-0.4, -0.2) is 28.1 Å². The number of aliphatic imine (C=N–C) groups is 1. The maximum Gasteiger partial charge on any atom is 0.216 e. The second-order valence-corrected chi connectivity index (χ2v) is 13.4. The molecule has 1 aliphatic rings. The summed E-state index contributed by atoms with van der Waals surface area (Å²) >= 11 is 0. The number of fused-ring (bicyclic) bond motifs is 3. The van der Waals surface area contributed by atoms with E-state index in [1.165, 1.54) is 64.2 Å². The van der Waals surface area contributed by atoms with Gasteiger partial charge in [0.2, 0.25) is 5.90 Å². The first-order valence-electron chi connectivity index (χ1n) is 16.0. The predicted molar refractivity (Wildman–Crippen MR) is 182 cm³/mol. The highest BCUT2D eigenvalue weighted by molar-refractivity contribution is 6.10. The standard InChI is InChI=1S/C39H45N3O/c1-8-12-27(13-9-2)34-24-43-38(41-34)32-23-36(26(4)20-25(32)3)42-35-15-11-10-14-30(35)31-17-16-28(21-37(31)42)33-22-29(18-19-40-33)39(5,6)7/h10-11,14-23,27,34H,8-9,12-13,24H2,1-7H3/t34-/m0/s1. The van der Waals surface area contributed by atoms with Crippen LogP contribution in [0.5, 0.6) is 0 Å². The highest BCUT2D eigenvalue weighted by Gasteiger charge is 2.28. The third-order valence-electron chi connectivity index (χ3n) is 9.15. The molecule has 3 aromatic carbocycles. The molecule has 0 spiro atoms. The lowest BCUT2D eigenvalue weighted by molar-refractivity contribution is 0.261. The molecular weight excluding hydrogens is 526 g/mol. The maximum atomic E-state index is 6.34. The van der Waals surface area contributed by atoms with Gasteiger partial charge in [-0.2, -0.15) is 0 Å². The van der Waals surface area contributed by atoms with Crippen LogP contribution in [0.1, 0.15) is 82.6 Å². The Morgan fingerprint density at radius 2 is 1.60 bits per heavy atom. The molecule has 0 saturated carbocycles. The smallest absolute Gasteiger partial charge is 0.216 e. The number of hydrogen-bond donors (Lipinski definition) is 0. The number of aryl methyl sites for hydroxylation is 2. The van der Waals surface area contributed by atoms with Gasteiger partial charge < -0.3 is 9.30 Å². The van der Waals surface area contributed by atoms with E-state index in [1.54, 1.807) is 0 Å². The number of hydrogen-bond acceptors (Lipinski definition) is 3. The van der Waals surface area contributed by atoms with Gasteiger partial charge in [0.05, 0.1) is 22.8 Å². The first kappa shape index (κ1) is 29.2. The van der Waals surface area contributed by atoms with Crippen molar-refractivity contribution in [3.8, 4) is 16.9 Å². The van der Waals surface area contributed by atoms with Gasteiger partial charge >= 0.3 is 0 Å². The van der Waals surface area contributed by atoms with Gasteiger partial charge in [0, 0.05) is 33.8 Å². The minimum absolute atomic E-state index is 0.0588. The fraction of sp³-hybridized carbons (Fsp3) is 0.385. The SMILES string of the molecule is CCCC(CCC)[C@@H]1COC(c2cc(-n3c4ccccc4c4ccc(-c5cc(C(C)(C)C)ccn5)cc43)c(C)cc2C)=N1. The molecule has 2 aromatic heterocycles. The van der Waals surface area contributed by atoms with E-state index in [2.05, 4.69) is 120 Å². The van der Waals surface area contributed by atoms with Gasteiger partial charge in [0.25, 0.3) is 0 Å². The van der Waals surface area contributed by atoms with Crippen molar-refractivity contribution in [2.45, 2.75) is 85.6 Å². The summed E-state index contributed by atoms with van der Waals surface area (Å²) in [5, 5.41) is 2.49. The summed E-state index contributed by atoms with van der Waals surface area (Å²) in [7, 11) is 0. The number of rotatable bonds is 8. The number of para-hydroxylation sites is 1. The molecule has 4 nitrogen and oxygen atoms in total. The molecular formula is C39H45N3O. The second-order valence-electron chi connectivity index (χ2n) is 13.4. The number of nitrogens with zero attached hydrogens (tertiary/aromatic N) is 3. The Balaban J connectivity index is 1.51. The van der Waals surface area contributed by atoms with Gasteiger partial charge in [-0.1, -0.05) is 83.9 Å². The number of aromatic nitrogens is 2. The number of benzene rings is 3. The first-order valence-corrected chi connectivity index (χ1v) is 16.0. The summed E-state index contributed by atoms with van der Waals surface area (Å²) < 4.78 is 8.76. The topological polar surface area (TPSA) is 39.4 Å². The lowest BCUT2D eigenvalue weighted by atomic mass is 9.87. The summed E-state index contributed by atoms with van der Waals surface area (Å²) in [5.74, 6) is 1.38. The molecule has 0 aliphatic carbocycles. The zero-order valence-corrected chi connectivity index (χ0v) is 26.9. The Kier molecular flexibility index (Phi) is 7.89. The minimum Gasteiger partial charge on any atom is -0.475 e. The van der Waals surface area contributed by atoms with Gasteiger partial charge in [-0.3, -0.25) is 4.98 Å².